The van der Waals surface area contributed by atoms with Gasteiger partial charge in [-0.1, -0.05) is 24.3 Å². The number of methoxy groups -OCH3 is 2. The van der Waals surface area contributed by atoms with Gasteiger partial charge in [0.1, 0.15) is 0 Å². The van der Waals surface area contributed by atoms with E-state index in [1.165, 1.54) is 6.92 Å². The van der Waals surface area contributed by atoms with E-state index < -0.39 is 24.0 Å². The summed E-state index contributed by atoms with van der Waals surface area (Å²) in [7, 11) is 3.16. The number of fused-ring (bicyclic) bond motifs is 2. The molecule has 1 heterocycles. The van der Waals surface area contributed by atoms with E-state index in [4.69, 9.17) is 24.9 Å². The topological polar surface area (TPSA) is 130 Å². The molecule has 9 heteroatoms. The minimum atomic E-state index is -1.21. The molecule has 3 amide bonds. The van der Waals surface area contributed by atoms with Crippen molar-refractivity contribution in [3.05, 3.63) is 64.8 Å². The molecule has 35 heavy (non-hydrogen) atoms. The molecule has 0 fully saturated rings. The van der Waals surface area contributed by atoms with Crippen molar-refractivity contribution in [2.75, 3.05) is 14.2 Å². The second-order valence-electron chi connectivity index (χ2n) is 8.02. The molecule has 3 N–H and O–H groups in total. The predicted octanol–water partition coefficient (Wildman–Crippen LogP) is 3.48. The molecule has 180 valence electrons. The number of imide groups is 1. The smallest absolute Gasteiger partial charge is 0.339 e. The number of rotatable bonds is 6. The maximum absolute atomic E-state index is 13.2. The number of esters is 1. The van der Waals surface area contributed by atoms with Crippen LogP contribution in [0.5, 0.6) is 11.5 Å². The summed E-state index contributed by atoms with van der Waals surface area (Å²) >= 11 is 0. The Morgan fingerprint density at radius 3 is 2.51 bits per heavy atom. The average Bonchev–Trinajstić information content (AvgIpc) is 3.23. The number of urea groups is 1. The molecule has 9 nitrogen and oxygen atoms in total. The van der Waals surface area contributed by atoms with E-state index in [2.05, 4.69) is 0 Å². The summed E-state index contributed by atoms with van der Waals surface area (Å²) in [5, 5.41) is 2.55. The zero-order chi connectivity index (χ0) is 25.1. The molecule has 1 atom stereocenters. The SMILES string of the molecule is COc1ccc(/C=C2\CCc3c2nc2ccccc2c3C(=O)O[C@@H](C)C(=O)NC(N)=O)cc1OC. The number of benzene rings is 2. The maximum Gasteiger partial charge on any atom is 0.339 e. The number of aromatic nitrogens is 1. The standard InChI is InChI=1S/C26H25N3O6/c1-14(24(30)29-26(27)32)35-25(31)22-17-6-4-5-7-19(17)28-23-16(9-10-18(22)23)12-15-8-11-20(33-2)21(13-15)34-3/h4-8,11-14H,9-10H2,1-3H3,(H3,27,29,30,32)/b16-12+/t14-/m0/s1. The van der Waals surface area contributed by atoms with Gasteiger partial charge in [0.05, 0.1) is 31.0 Å². The fourth-order valence-electron chi connectivity index (χ4n) is 4.15. The Hall–Kier alpha value is -4.40. The number of para-hydroxylation sites is 1. The Bertz CT molecular complexity index is 1360. The second-order valence-corrected chi connectivity index (χ2v) is 8.02. The van der Waals surface area contributed by atoms with Crippen LogP contribution in [0.1, 0.15) is 40.5 Å². The summed E-state index contributed by atoms with van der Waals surface area (Å²) in [6.45, 7) is 1.38. The Balaban J connectivity index is 1.75. The number of hydrogen-bond donors (Lipinski definition) is 2. The molecule has 0 saturated carbocycles. The van der Waals surface area contributed by atoms with Crippen molar-refractivity contribution in [3.63, 3.8) is 0 Å². The average molecular weight is 476 g/mol. The van der Waals surface area contributed by atoms with Gasteiger partial charge >= 0.3 is 12.0 Å². The Morgan fingerprint density at radius 2 is 1.80 bits per heavy atom. The summed E-state index contributed by atoms with van der Waals surface area (Å²) in [6, 6.07) is 11.9. The molecule has 1 aliphatic carbocycles. The van der Waals surface area contributed by atoms with Gasteiger partial charge < -0.3 is 19.9 Å². The van der Waals surface area contributed by atoms with Crippen LogP contribution in [0.25, 0.3) is 22.6 Å². The van der Waals surface area contributed by atoms with Crippen LogP contribution in [0.2, 0.25) is 0 Å². The molecule has 0 saturated heterocycles. The number of ether oxygens (including phenoxy) is 3. The van der Waals surface area contributed by atoms with Gasteiger partial charge in [0.2, 0.25) is 0 Å². The highest BCUT2D eigenvalue weighted by atomic mass is 16.5. The van der Waals surface area contributed by atoms with Gasteiger partial charge in [-0.05, 0) is 60.7 Å². The third-order valence-corrected chi connectivity index (χ3v) is 5.79. The molecular formula is C26H25N3O6. The summed E-state index contributed by atoms with van der Waals surface area (Å²) in [4.78, 5) is 41.1. The second kappa shape index (κ2) is 9.84. The van der Waals surface area contributed by atoms with Crippen LogP contribution < -0.4 is 20.5 Å². The minimum Gasteiger partial charge on any atom is -0.493 e. The number of nitrogens with two attached hydrogens (primary N) is 1. The number of pyridine rings is 1. The molecule has 0 radical (unpaired) electrons. The zero-order valence-corrected chi connectivity index (χ0v) is 19.6. The van der Waals surface area contributed by atoms with Crippen LogP contribution in [0.4, 0.5) is 4.79 Å². The molecule has 0 unspecified atom stereocenters. The van der Waals surface area contributed by atoms with Gasteiger partial charge in [0.25, 0.3) is 5.91 Å². The van der Waals surface area contributed by atoms with E-state index >= 15 is 0 Å². The molecule has 3 aromatic rings. The zero-order valence-electron chi connectivity index (χ0n) is 19.6. The number of amides is 3. The molecule has 0 aliphatic heterocycles. The summed E-state index contributed by atoms with van der Waals surface area (Å²) < 4.78 is 16.1. The van der Waals surface area contributed by atoms with Crippen molar-refractivity contribution in [2.24, 2.45) is 5.73 Å². The fraction of sp³-hybridized carbons (Fsp3) is 0.231. The van der Waals surface area contributed by atoms with Gasteiger partial charge in [-0.3, -0.25) is 10.1 Å². The van der Waals surface area contributed by atoms with Gasteiger partial charge in [-0.15, -0.1) is 0 Å². The number of hydrogen-bond acceptors (Lipinski definition) is 7. The lowest BCUT2D eigenvalue weighted by molar-refractivity contribution is -0.127. The largest absolute Gasteiger partial charge is 0.493 e. The van der Waals surface area contributed by atoms with Crippen LogP contribution >= 0.6 is 0 Å². The van der Waals surface area contributed by atoms with Gasteiger partial charge in [-0.2, -0.15) is 0 Å². The Kier molecular flexibility index (Phi) is 6.68. The number of nitrogens with one attached hydrogen (secondary N) is 1. The van der Waals surface area contributed by atoms with E-state index in [-0.39, 0.29) is 0 Å². The van der Waals surface area contributed by atoms with Gasteiger partial charge in [0.15, 0.2) is 17.6 Å². The quantitative estimate of drug-likeness (QED) is 0.522. The van der Waals surface area contributed by atoms with Crippen LogP contribution in [-0.4, -0.2) is 43.2 Å². The van der Waals surface area contributed by atoms with Crippen LogP contribution in [0.3, 0.4) is 0 Å². The summed E-state index contributed by atoms with van der Waals surface area (Å²) in [6.07, 6.45) is 2.05. The van der Waals surface area contributed by atoms with Gasteiger partial charge in [0, 0.05) is 5.39 Å². The van der Waals surface area contributed by atoms with E-state index in [1.807, 2.05) is 47.8 Å². The molecule has 0 bridgehead atoms. The Morgan fingerprint density at radius 1 is 1.06 bits per heavy atom. The first-order chi connectivity index (χ1) is 16.8. The number of carbonyl (C=O) groups is 3. The Labute approximate surface area is 201 Å². The third-order valence-electron chi connectivity index (χ3n) is 5.79. The highest BCUT2D eigenvalue weighted by molar-refractivity contribution is 6.08. The van der Waals surface area contributed by atoms with E-state index in [1.54, 1.807) is 20.3 Å². The minimum absolute atomic E-state index is 0.361. The number of nitrogens with zero attached hydrogens (tertiary/aromatic N) is 1. The molecule has 2 aromatic carbocycles. The van der Waals surface area contributed by atoms with Crippen LogP contribution in [0.15, 0.2) is 42.5 Å². The predicted molar refractivity (Wildman–Crippen MR) is 130 cm³/mol. The van der Waals surface area contributed by atoms with E-state index in [0.717, 1.165) is 16.7 Å². The first kappa shape index (κ1) is 23.7. The van der Waals surface area contributed by atoms with Crippen molar-refractivity contribution in [1.29, 1.82) is 0 Å². The summed E-state index contributed by atoms with van der Waals surface area (Å²) in [5.41, 5.74) is 9.32. The van der Waals surface area contributed by atoms with Crippen LogP contribution in [0, 0.1) is 0 Å². The van der Waals surface area contributed by atoms with Crippen molar-refractivity contribution in [1.82, 2.24) is 10.3 Å². The number of carbonyl (C=O) groups excluding carboxylic acids is 3. The molecular weight excluding hydrogens is 450 g/mol. The first-order valence-corrected chi connectivity index (χ1v) is 11.0. The normalized spacial score (nSPS) is 14.3. The lowest BCUT2D eigenvalue weighted by atomic mass is 10.0. The van der Waals surface area contributed by atoms with Crippen molar-refractivity contribution >= 4 is 40.5 Å². The number of primary amides is 1. The maximum atomic E-state index is 13.2. The van der Waals surface area contributed by atoms with Crippen molar-refractivity contribution < 1.29 is 28.6 Å². The fourth-order valence-corrected chi connectivity index (χ4v) is 4.15. The van der Waals surface area contributed by atoms with E-state index in [0.29, 0.717) is 46.5 Å². The highest BCUT2D eigenvalue weighted by Crippen LogP contribution is 2.38. The highest BCUT2D eigenvalue weighted by Gasteiger charge is 2.29. The summed E-state index contributed by atoms with van der Waals surface area (Å²) in [5.74, 6) is -0.224. The molecule has 4 rings (SSSR count). The van der Waals surface area contributed by atoms with Crippen molar-refractivity contribution in [2.45, 2.75) is 25.9 Å². The molecule has 1 aromatic heterocycles. The monoisotopic (exact) mass is 475 g/mol. The lowest BCUT2D eigenvalue weighted by Gasteiger charge is -2.15. The molecule has 0 spiro atoms. The van der Waals surface area contributed by atoms with Gasteiger partial charge in [-0.25, -0.2) is 14.6 Å². The molecule has 1 aliphatic rings. The third kappa shape index (κ3) is 4.79. The first-order valence-electron chi connectivity index (χ1n) is 11.0. The lowest BCUT2D eigenvalue weighted by Crippen LogP contribution is -2.42. The van der Waals surface area contributed by atoms with Crippen LogP contribution in [-0.2, 0) is 16.0 Å². The van der Waals surface area contributed by atoms with E-state index in [9.17, 15) is 14.4 Å². The van der Waals surface area contributed by atoms with Crippen molar-refractivity contribution in [3.8, 4) is 11.5 Å². The number of allylic oxidation sites excluding steroid dienone is 1.